The average Bonchev–Trinajstić information content (AvgIpc) is 2.70. The zero-order chi connectivity index (χ0) is 7.90. The highest BCUT2D eigenvalue weighted by Gasteiger charge is 2.47. The minimum absolute atomic E-state index is 0.235. The fourth-order valence-corrected chi connectivity index (χ4v) is 1.52. The highest BCUT2D eigenvalue weighted by Crippen LogP contribution is 2.50. The van der Waals surface area contributed by atoms with Gasteiger partial charge >= 0.3 is 0 Å². The number of hydrogen-bond donors (Lipinski definition) is 0. The molecule has 0 radical (unpaired) electrons. The maximum Gasteiger partial charge on any atom is 0.284 e. The SMILES string of the molecule is CCC1(c2nnc(Br)o2)CC1. The van der Waals surface area contributed by atoms with Crippen LogP contribution in [0.4, 0.5) is 0 Å². The van der Waals surface area contributed by atoms with Gasteiger partial charge in [-0.25, -0.2) is 0 Å². The third-order valence-electron chi connectivity index (χ3n) is 2.38. The topological polar surface area (TPSA) is 38.9 Å². The van der Waals surface area contributed by atoms with Gasteiger partial charge in [0.1, 0.15) is 0 Å². The molecule has 0 aromatic carbocycles. The molecule has 0 saturated heterocycles. The van der Waals surface area contributed by atoms with E-state index in [1.165, 1.54) is 12.8 Å². The van der Waals surface area contributed by atoms with Crippen molar-refractivity contribution in [3.63, 3.8) is 0 Å². The van der Waals surface area contributed by atoms with E-state index in [9.17, 15) is 0 Å². The smallest absolute Gasteiger partial charge is 0.284 e. The molecule has 1 fully saturated rings. The van der Waals surface area contributed by atoms with Crippen LogP contribution in [0.2, 0.25) is 0 Å². The first-order chi connectivity index (χ1) is 5.27. The van der Waals surface area contributed by atoms with Crippen LogP contribution in [0.3, 0.4) is 0 Å². The Kier molecular flexibility index (Phi) is 1.52. The second-order valence-corrected chi connectivity index (χ2v) is 3.67. The van der Waals surface area contributed by atoms with Crippen molar-refractivity contribution < 1.29 is 4.42 Å². The molecule has 1 aliphatic carbocycles. The Morgan fingerprint density at radius 2 is 2.27 bits per heavy atom. The fraction of sp³-hybridized carbons (Fsp3) is 0.714. The summed E-state index contributed by atoms with van der Waals surface area (Å²) in [6, 6.07) is 0. The molecule has 3 nitrogen and oxygen atoms in total. The van der Waals surface area contributed by atoms with E-state index in [0.717, 1.165) is 12.3 Å². The van der Waals surface area contributed by atoms with Gasteiger partial charge in [-0.15, -0.1) is 10.2 Å². The van der Waals surface area contributed by atoms with Crippen molar-refractivity contribution in [3.05, 3.63) is 10.7 Å². The Bertz CT molecular complexity index is 267. The summed E-state index contributed by atoms with van der Waals surface area (Å²) in [5.41, 5.74) is 0.235. The zero-order valence-electron chi connectivity index (χ0n) is 6.30. The van der Waals surface area contributed by atoms with Crippen molar-refractivity contribution in [2.75, 3.05) is 0 Å². The van der Waals surface area contributed by atoms with Gasteiger partial charge in [-0.05, 0) is 19.3 Å². The predicted octanol–water partition coefficient (Wildman–Crippen LogP) is 2.27. The predicted molar refractivity (Wildman–Crippen MR) is 43.2 cm³/mol. The van der Waals surface area contributed by atoms with E-state index in [-0.39, 0.29) is 5.41 Å². The molecule has 1 aromatic rings. The van der Waals surface area contributed by atoms with Crippen LogP contribution in [0.25, 0.3) is 0 Å². The minimum atomic E-state index is 0.235. The van der Waals surface area contributed by atoms with Crippen LogP contribution in [-0.2, 0) is 5.41 Å². The van der Waals surface area contributed by atoms with Crippen molar-refractivity contribution in [2.24, 2.45) is 0 Å². The molecule has 2 rings (SSSR count). The van der Waals surface area contributed by atoms with Gasteiger partial charge in [0.15, 0.2) is 0 Å². The third kappa shape index (κ3) is 1.09. The number of nitrogens with zero attached hydrogens (tertiary/aromatic N) is 2. The molecule has 1 aromatic heterocycles. The van der Waals surface area contributed by atoms with Crippen LogP contribution in [0.15, 0.2) is 9.22 Å². The van der Waals surface area contributed by atoms with Crippen LogP contribution in [0, 0.1) is 0 Å². The van der Waals surface area contributed by atoms with E-state index in [4.69, 9.17) is 4.42 Å². The minimum Gasteiger partial charge on any atom is -0.415 e. The highest BCUT2D eigenvalue weighted by molar-refractivity contribution is 9.10. The summed E-state index contributed by atoms with van der Waals surface area (Å²) < 4.78 is 5.30. The molecule has 4 heteroatoms. The molecule has 1 aliphatic rings. The van der Waals surface area contributed by atoms with Crippen molar-refractivity contribution in [3.8, 4) is 0 Å². The van der Waals surface area contributed by atoms with Gasteiger partial charge in [-0.1, -0.05) is 6.92 Å². The van der Waals surface area contributed by atoms with Gasteiger partial charge in [0.2, 0.25) is 5.89 Å². The summed E-state index contributed by atoms with van der Waals surface area (Å²) in [5, 5.41) is 7.73. The van der Waals surface area contributed by atoms with Gasteiger partial charge < -0.3 is 4.42 Å². The van der Waals surface area contributed by atoms with E-state index in [1.807, 2.05) is 0 Å². The molecule has 0 N–H and O–H groups in total. The summed E-state index contributed by atoms with van der Waals surface area (Å²) in [5.74, 6) is 0.798. The molecule has 0 bridgehead atoms. The molecule has 0 spiro atoms. The van der Waals surface area contributed by atoms with Crippen molar-refractivity contribution in [1.29, 1.82) is 0 Å². The van der Waals surface area contributed by atoms with E-state index in [2.05, 4.69) is 33.1 Å². The normalized spacial score (nSPS) is 20.2. The molecule has 1 saturated carbocycles. The van der Waals surface area contributed by atoms with E-state index >= 15 is 0 Å². The lowest BCUT2D eigenvalue weighted by atomic mass is 10.0. The summed E-state index contributed by atoms with van der Waals surface area (Å²) in [7, 11) is 0. The monoisotopic (exact) mass is 216 g/mol. The summed E-state index contributed by atoms with van der Waals surface area (Å²) >= 11 is 3.14. The molecule has 60 valence electrons. The molecule has 0 aliphatic heterocycles. The van der Waals surface area contributed by atoms with Gasteiger partial charge in [0.05, 0.1) is 0 Å². The number of aromatic nitrogens is 2. The third-order valence-corrected chi connectivity index (χ3v) is 2.70. The molecular weight excluding hydrogens is 208 g/mol. The lowest BCUT2D eigenvalue weighted by Crippen LogP contribution is -2.04. The average molecular weight is 217 g/mol. The maximum absolute atomic E-state index is 5.30. The first kappa shape index (κ1) is 7.28. The van der Waals surface area contributed by atoms with Crippen LogP contribution < -0.4 is 0 Å². The van der Waals surface area contributed by atoms with E-state index < -0.39 is 0 Å². The molecule has 0 atom stereocenters. The fourth-order valence-electron chi connectivity index (χ4n) is 1.29. The quantitative estimate of drug-likeness (QED) is 0.762. The largest absolute Gasteiger partial charge is 0.415 e. The van der Waals surface area contributed by atoms with Gasteiger partial charge in [-0.3, -0.25) is 0 Å². The Balaban J connectivity index is 2.29. The number of hydrogen-bond acceptors (Lipinski definition) is 3. The Morgan fingerprint density at radius 3 is 2.64 bits per heavy atom. The van der Waals surface area contributed by atoms with Crippen LogP contribution >= 0.6 is 15.9 Å². The van der Waals surface area contributed by atoms with Gasteiger partial charge in [-0.2, -0.15) is 0 Å². The summed E-state index contributed by atoms with van der Waals surface area (Å²) in [4.78, 5) is 0.493. The van der Waals surface area contributed by atoms with Gasteiger partial charge in [0.25, 0.3) is 4.80 Å². The molecular formula is C7H9BrN2O. The second kappa shape index (κ2) is 2.30. The van der Waals surface area contributed by atoms with Crippen molar-refractivity contribution in [2.45, 2.75) is 31.6 Å². The number of halogens is 1. The Morgan fingerprint density at radius 1 is 1.55 bits per heavy atom. The van der Waals surface area contributed by atoms with Gasteiger partial charge in [0, 0.05) is 21.3 Å². The molecule has 0 amide bonds. The van der Waals surface area contributed by atoms with E-state index in [1.54, 1.807) is 0 Å². The standard InChI is InChI=1S/C7H9BrN2O/c1-2-7(3-4-7)5-9-10-6(8)11-5/h2-4H2,1H3. The first-order valence-electron chi connectivity index (χ1n) is 3.76. The van der Waals surface area contributed by atoms with Crippen molar-refractivity contribution in [1.82, 2.24) is 10.2 Å². The number of rotatable bonds is 2. The van der Waals surface area contributed by atoms with Crippen LogP contribution in [0.5, 0.6) is 0 Å². The Hall–Kier alpha value is -0.380. The zero-order valence-corrected chi connectivity index (χ0v) is 7.89. The molecule has 11 heavy (non-hydrogen) atoms. The lowest BCUT2D eigenvalue weighted by Gasteiger charge is -2.03. The molecule has 1 heterocycles. The Labute approximate surface area is 73.3 Å². The maximum atomic E-state index is 5.30. The second-order valence-electron chi connectivity index (χ2n) is 2.99. The molecule has 0 unspecified atom stereocenters. The lowest BCUT2D eigenvalue weighted by molar-refractivity contribution is 0.412. The summed E-state index contributed by atoms with van der Waals surface area (Å²) in [6.07, 6.45) is 3.48. The van der Waals surface area contributed by atoms with Crippen LogP contribution in [0.1, 0.15) is 32.1 Å². The first-order valence-corrected chi connectivity index (χ1v) is 4.56. The van der Waals surface area contributed by atoms with E-state index in [0.29, 0.717) is 4.80 Å². The highest BCUT2D eigenvalue weighted by atomic mass is 79.9. The summed E-state index contributed by atoms with van der Waals surface area (Å²) in [6.45, 7) is 2.16. The van der Waals surface area contributed by atoms with Crippen LogP contribution in [-0.4, -0.2) is 10.2 Å². The van der Waals surface area contributed by atoms with Crippen molar-refractivity contribution >= 4 is 15.9 Å².